The first-order valence-corrected chi connectivity index (χ1v) is 19.2. The molecule has 0 radical (unpaired) electrons. The maximum atomic E-state index is 13.5. The first-order chi connectivity index (χ1) is 23.2. The molecule has 1 aliphatic heterocycles. The number of hydrogen-bond donors (Lipinski definition) is 3. The number of carbonyl (C=O) groups is 2. The van der Waals surface area contributed by atoms with Crippen LogP contribution in [0.15, 0.2) is 11.6 Å². The first kappa shape index (κ1) is 37.4. The Hall–Kier alpha value is -2.37. The van der Waals surface area contributed by atoms with Crippen LogP contribution < -0.4 is 11.1 Å². The molecule has 50 heavy (non-hydrogen) atoms. The molecule has 4 N–H and O–H groups in total. The Balaban J connectivity index is 1.45. The number of tetrazole rings is 1. The van der Waals surface area contributed by atoms with Crippen LogP contribution in [0, 0.1) is 62.6 Å². The lowest BCUT2D eigenvalue weighted by molar-refractivity contribution is -0.253. The zero-order chi connectivity index (χ0) is 36.8. The number of carbonyl (C=O) groups excluding carboxylic acids is 1. The van der Waals surface area contributed by atoms with Gasteiger partial charge in [-0.1, -0.05) is 79.1 Å². The molecule has 1 amide bonds. The van der Waals surface area contributed by atoms with E-state index in [0.29, 0.717) is 38.1 Å². The molecule has 12 atom stereocenters. The topological polar surface area (TPSA) is 154 Å². The Labute approximate surface area is 299 Å². The lowest BCUT2D eigenvalue weighted by Crippen LogP contribution is -2.69. The average Bonchev–Trinajstić information content (AvgIpc) is 3.47. The van der Waals surface area contributed by atoms with Crippen LogP contribution in [0.3, 0.4) is 0 Å². The highest BCUT2D eigenvalue weighted by Crippen LogP contribution is 2.75. The number of fused-ring (bicyclic) bond motifs is 3. The van der Waals surface area contributed by atoms with Gasteiger partial charge in [-0.2, -0.15) is 4.80 Å². The molecule has 5 aliphatic rings. The van der Waals surface area contributed by atoms with Crippen molar-refractivity contribution >= 4 is 17.8 Å². The summed E-state index contributed by atoms with van der Waals surface area (Å²) in [5.41, 5.74) is 6.16. The first-order valence-electron chi connectivity index (χ1n) is 19.2. The zero-order valence-electron chi connectivity index (χ0n) is 32.5. The van der Waals surface area contributed by atoms with E-state index in [9.17, 15) is 14.7 Å². The molecule has 4 fully saturated rings. The minimum atomic E-state index is -0.649. The van der Waals surface area contributed by atoms with Crippen LogP contribution in [-0.4, -0.2) is 68.7 Å². The highest BCUT2D eigenvalue weighted by atomic mass is 16.5. The summed E-state index contributed by atoms with van der Waals surface area (Å²) in [6.07, 6.45) is 7.55. The molecule has 2 heterocycles. The van der Waals surface area contributed by atoms with Gasteiger partial charge in [0.15, 0.2) is 0 Å². The smallest absolute Gasteiger partial charge is 0.307 e. The second-order valence-corrected chi connectivity index (χ2v) is 19.1. The Morgan fingerprint density at radius 3 is 2.44 bits per heavy atom. The molecule has 4 aliphatic carbocycles. The SMILES string of the molecule is CC(=O)Nc1nnn([C@@H]2C[C@@]34COC[C@](C)([C@@H]3CC[C@H]3C4=CC[C@@]4(C)[C@H](C(=O)O)[C@@](C)([C@H](C)C(C)C)CC[C@]34C)[C@H]2OC[C@](C)(N)C(C)C)n1. The zero-order valence-corrected chi connectivity index (χ0v) is 32.5. The third kappa shape index (κ3) is 5.33. The molecule has 2 bridgehead atoms. The van der Waals surface area contributed by atoms with Gasteiger partial charge in [-0.15, -0.1) is 5.10 Å². The number of allylic oxidation sites excluding steroid dienone is 1. The maximum absolute atomic E-state index is 13.5. The fourth-order valence-electron chi connectivity index (χ4n) is 12.1. The van der Waals surface area contributed by atoms with E-state index in [1.807, 2.05) is 6.92 Å². The largest absolute Gasteiger partial charge is 0.481 e. The van der Waals surface area contributed by atoms with E-state index >= 15 is 0 Å². The van der Waals surface area contributed by atoms with Gasteiger partial charge in [0.2, 0.25) is 5.91 Å². The Morgan fingerprint density at radius 1 is 1.12 bits per heavy atom. The number of nitrogens with one attached hydrogen (secondary N) is 1. The molecular weight excluding hydrogens is 632 g/mol. The van der Waals surface area contributed by atoms with E-state index in [2.05, 4.69) is 84.0 Å². The van der Waals surface area contributed by atoms with Crippen molar-refractivity contribution in [1.29, 1.82) is 0 Å². The van der Waals surface area contributed by atoms with Crippen molar-refractivity contribution in [3.05, 3.63) is 11.6 Å². The highest BCUT2D eigenvalue weighted by molar-refractivity contribution is 5.86. The summed E-state index contributed by atoms with van der Waals surface area (Å²) < 4.78 is 13.6. The minimum absolute atomic E-state index is 0.176. The number of carboxylic acids is 1. The molecular formula is C39H64N6O5. The number of nitrogens with two attached hydrogens (primary N) is 1. The quantitative estimate of drug-likeness (QED) is 0.245. The van der Waals surface area contributed by atoms with Gasteiger partial charge in [0.25, 0.3) is 5.95 Å². The molecule has 0 unspecified atom stereocenters. The number of hydrogen-bond acceptors (Lipinski definition) is 8. The van der Waals surface area contributed by atoms with Gasteiger partial charge < -0.3 is 20.3 Å². The van der Waals surface area contributed by atoms with Crippen LogP contribution in [0.1, 0.15) is 121 Å². The van der Waals surface area contributed by atoms with Gasteiger partial charge in [-0.05, 0) is 96.5 Å². The number of aliphatic carboxylic acids is 1. The Morgan fingerprint density at radius 2 is 1.82 bits per heavy atom. The molecule has 1 aromatic rings. The number of carboxylic acid groups (broad SMARTS) is 1. The number of ether oxygens (including phenoxy) is 2. The molecule has 11 nitrogen and oxygen atoms in total. The van der Waals surface area contributed by atoms with E-state index in [0.717, 1.165) is 32.1 Å². The van der Waals surface area contributed by atoms with E-state index in [1.54, 1.807) is 4.80 Å². The minimum Gasteiger partial charge on any atom is -0.481 e. The molecule has 1 aromatic heterocycles. The molecule has 11 heteroatoms. The maximum Gasteiger partial charge on any atom is 0.307 e. The van der Waals surface area contributed by atoms with Crippen molar-refractivity contribution < 1.29 is 24.2 Å². The third-order valence-electron chi connectivity index (χ3n) is 16.0. The van der Waals surface area contributed by atoms with Crippen LogP contribution in [0.4, 0.5) is 5.95 Å². The van der Waals surface area contributed by atoms with Crippen molar-refractivity contribution in [2.45, 2.75) is 132 Å². The third-order valence-corrected chi connectivity index (χ3v) is 16.0. The van der Waals surface area contributed by atoms with Gasteiger partial charge in [0.1, 0.15) is 6.04 Å². The lowest BCUT2D eigenvalue weighted by atomic mass is 9.34. The highest BCUT2D eigenvalue weighted by Gasteiger charge is 2.72. The van der Waals surface area contributed by atoms with Crippen LogP contribution in [0.5, 0.6) is 0 Å². The summed E-state index contributed by atoms with van der Waals surface area (Å²) in [6.45, 7) is 25.3. The van der Waals surface area contributed by atoms with Crippen LogP contribution in [0.2, 0.25) is 0 Å². The standard InChI is InChI=1S/C39H64N6O5/c1-22(2)24(5)34(7)16-17-36(9)26-12-13-29-35(8)19-49-21-39(29,27(26)14-15-37(36,10)30(34)32(47)48)18-28(31(35)50-20-38(11,40)23(3)4)45-43-33(42-44-45)41-25(6)46/h14,22-24,26,28-31H,12-13,15-21,40H2,1-11H3,(H,47,48)(H,41,43,46)/t24-,26+,28-,29+,30-,31+,34-,35-,36-,37+,38+,39+/m1/s1. The lowest BCUT2D eigenvalue weighted by Gasteiger charge is -2.71. The second kappa shape index (κ2) is 12.4. The Bertz CT molecular complexity index is 1520. The summed E-state index contributed by atoms with van der Waals surface area (Å²) >= 11 is 0. The van der Waals surface area contributed by atoms with Crippen LogP contribution in [0.25, 0.3) is 0 Å². The van der Waals surface area contributed by atoms with E-state index in [4.69, 9.17) is 20.3 Å². The van der Waals surface area contributed by atoms with Crippen molar-refractivity contribution in [2.75, 3.05) is 25.1 Å². The van der Waals surface area contributed by atoms with Crippen molar-refractivity contribution in [3.63, 3.8) is 0 Å². The molecule has 0 aromatic carbocycles. The predicted molar refractivity (Wildman–Crippen MR) is 192 cm³/mol. The molecule has 0 spiro atoms. The Kier molecular flexibility index (Phi) is 9.24. The van der Waals surface area contributed by atoms with Gasteiger partial charge in [0, 0.05) is 23.3 Å². The van der Waals surface area contributed by atoms with Gasteiger partial charge in [-0.25, -0.2) is 0 Å². The van der Waals surface area contributed by atoms with Gasteiger partial charge >= 0.3 is 5.97 Å². The van der Waals surface area contributed by atoms with E-state index < -0.39 is 22.8 Å². The van der Waals surface area contributed by atoms with E-state index in [1.165, 1.54) is 12.5 Å². The summed E-state index contributed by atoms with van der Waals surface area (Å²) in [6, 6.07) is -0.271. The van der Waals surface area contributed by atoms with Crippen molar-refractivity contribution in [3.8, 4) is 0 Å². The summed E-state index contributed by atoms with van der Waals surface area (Å²) in [5, 5.41) is 27.2. The molecule has 1 saturated heterocycles. The van der Waals surface area contributed by atoms with Crippen LogP contribution >= 0.6 is 0 Å². The molecule has 3 saturated carbocycles. The van der Waals surface area contributed by atoms with Crippen molar-refractivity contribution in [1.82, 2.24) is 20.2 Å². The fourth-order valence-corrected chi connectivity index (χ4v) is 12.1. The number of nitrogens with zero attached hydrogens (tertiary/aromatic N) is 4. The second-order valence-electron chi connectivity index (χ2n) is 19.1. The number of amides is 1. The molecule has 280 valence electrons. The van der Waals surface area contributed by atoms with Crippen molar-refractivity contribution in [2.24, 2.45) is 68.3 Å². The van der Waals surface area contributed by atoms with Gasteiger partial charge in [0.05, 0.1) is 31.8 Å². The van der Waals surface area contributed by atoms with E-state index in [-0.39, 0.29) is 63.4 Å². The van der Waals surface area contributed by atoms with Crippen LogP contribution in [-0.2, 0) is 19.1 Å². The number of anilines is 1. The fraction of sp³-hybridized carbons (Fsp3) is 0.872. The van der Waals surface area contributed by atoms with Gasteiger partial charge in [-0.3, -0.25) is 14.9 Å². The summed E-state index contributed by atoms with van der Waals surface area (Å²) in [5.74, 6) is 0.278. The molecule has 6 rings (SSSR count). The number of rotatable bonds is 9. The predicted octanol–water partition coefficient (Wildman–Crippen LogP) is 6.52. The number of aromatic nitrogens is 4. The summed E-state index contributed by atoms with van der Waals surface area (Å²) in [4.78, 5) is 27.0. The average molecular weight is 697 g/mol. The normalized spacial score (nSPS) is 42.8. The monoisotopic (exact) mass is 696 g/mol. The summed E-state index contributed by atoms with van der Waals surface area (Å²) in [7, 11) is 0.